The Balaban J connectivity index is 1.58. The number of rotatable bonds is 6. The Morgan fingerprint density at radius 3 is 2.52 bits per heavy atom. The summed E-state index contributed by atoms with van der Waals surface area (Å²) in [6.45, 7) is -0.0947. The molecule has 29 heavy (non-hydrogen) atoms. The van der Waals surface area contributed by atoms with Crippen LogP contribution in [0.15, 0.2) is 34.5 Å². The van der Waals surface area contributed by atoms with Crippen molar-refractivity contribution in [2.45, 2.75) is 4.21 Å². The van der Waals surface area contributed by atoms with Crippen LogP contribution in [0.5, 0.6) is 5.75 Å². The number of nitrogens with zero attached hydrogens (tertiary/aromatic N) is 3. The molecule has 1 amide bonds. The number of carbonyl (C=O) groups excluding carboxylic acids is 1. The molecule has 0 bridgehead atoms. The molecule has 9 nitrogen and oxygen atoms in total. The number of sulfonamides is 1. The third kappa shape index (κ3) is 4.83. The van der Waals surface area contributed by atoms with Crippen LogP contribution in [-0.2, 0) is 14.8 Å². The van der Waals surface area contributed by atoms with Gasteiger partial charge in [-0.1, -0.05) is 11.6 Å². The summed E-state index contributed by atoms with van der Waals surface area (Å²) in [7, 11) is -3.68. The van der Waals surface area contributed by atoms with Crippen molar-refractivity contribution in [3.05, 3.63) is 50.6 Å². The van der Waals surface area contributed by atoms with Gasteiger partial charge in [0.1, 0.15) is 10.0 Å². The molecule has 0 saturated carbocycles. The molecule has 2 heterocycles. The van der Waals surface area contributed by atoms with Crippen molar-refractivity contribution in [1.29, 1.82) is 0 Å². The van der Waals surface area contributed by atoms with Gasteiger partial charge in [0.15, 0.2) is 6.61 Å². The summed E-state index contributed by atoms with van der Waals surface area (Å²) >= 11 is 6.75. The first-order chi connectivity index (χ1) is 13.7. The third-order valence-electron chi connectivity index (χ3n) is 4.20. The predicted molar refractivity (Wildman–Crippen MR) is 103 cm³/mol. The van der Waals surface area contributed by atoms with Gasteiger partial charge in [-0.2, -0.15) is 4.31 Å². The van der Waals surface area contributed by atoms with Crippen LogP contribution in [-0.4, -0.2) is 61.2 Å². The summed E-state index contributed by atoms with van der Waals surface area (Å²) in [5, 5.41) is 11.0. The first-order valence-corrected chi connectivity index (χ1v) is 10.9. The molecule has 2 aromatic rings. The van der Waals surface area contributed by atoms with Crippen molar-refractivity contribution >= 4 is 44.6 Å². The normalized spacial score (nSPS) is 15.3. The Morgan fingerprint density at radius 1 is 1.24 bits per heavy atom. The molecule has 156 valence electrons. The molecule has 0 atom stereocenters. The van der Waals surface area contributed by atoms with E-state index in [0.29, 0.717) is 4.34 Å². The minimum atomic E-state index is -3.68. The lowest BCUT2D eigenvalue weighted by atomic mass is 10.3. The molecule has 0 radical (unpaired) electrons. The second kappa shape index (κ2) is 8.61. The van der Waals surface area contributed by atoms with Crippen molar-refractivity contribution in [2.75, 3.05) is 32.8 Å². The van der Waals surface area contributed by atoms with Gasteiger partial charge in [-0.3, -0.25) is 14.9 Å². The molecule has 0 spiro atoms. The zero-order chi connectivity index (χ0) is 21.2. The average molecular weight is 464 g/mol. The standard InChI is InChI=1S/C16H15ClFN3O6S2/c17-14-3-4-16(28-14)29(25,26)20-7-5-19(6-8-20)15(22)10-27-13-9-11(18)1-2-12(13)21(23)24/h1-4,9H,5-8,10H2. The van der Waals surface area contributed by atoms with Crippen LogP contribution in [0.3, 0.4) is 0 Å². The topological polar surface area (TPSA) is 110 Å². The van der Waals surface area contributed by atoms with Gasteiger partial charge in [-0.25, -0.2) is 12.8 Å². The Bertz CT molecular complexity index is 1040. The van der Waals surface area contributed by atoms with Crippen molar-refractivity contribution in [2.24, 2.45) is 0 Å². The van der Waals surface area contributed by atoms with Crippen molar-refractivity contribution in [3.8, 4) is 5.75 Å². The fraction of sp³-hybridized carbons (Fsp3) is 0.312. The fourth-order valence-electron chi connectivity index (χ4n) is 2.73. The smallest absolute Gasteiger partial charge is 0.311 e. The van der Waals surface area contributed by atoms with Crippen molar-refractivity contribution < 1.29 is 27.3 Å². The molecule has 13 heteroatoms. The van der Waals surface area contributed by atoms with Gasteiger partial charge in [-0.05, 0) is 18.2 Å². The third-order valence-corrected chi connectivity index (χ3v) is 7.80. The van der Waals surface area contributed by atoms with Gasteiger partial charge in [-0.15, -0.1) is 11.3 Å². The van der Waals surface area contributed by atoms with E-state index in [9.17, 15) is 27.7 Å². The highest BCUT2D eigenvalue weighted by Gasteiger charge is 2.31. The number of benzene rings is 1. The summed E-state index contributed by atoms with van der Waals surface area (Å²) < 4.78 is 45.4. The number of ether oxygens (including phenoxy) is 1. The Morgan fingerprint density at radius 2 is 1.93 bits per heavy atom. The first-order valence-electron chi connectivity index (χ1n) is 8.28. The quantitative estimate of drug-likeness (QED) is 0.480. The number of nitro groups is 1. The summed E-state index contributed by atoms with van der Waals surface area (Å²) in [6, 6.07) is 5.65. The highest BCUT2D eigenvalue weighted by molar-refractivity contribution is 7.91. The summed E-state index contributed by atoms with van der Waals surface area (Å²) in [6.07, 6.45) is 0. The number of piperazine rings is 1. The molecule has 1 aromatic carbocycles. The minimum absolute atomic E-state index is 0.0870. The molecular weight excluding hydrogens is 449 g/mol. The number of hydrogen-bond acceptors (Lipinski definition) is 7. The molecular formula is C16H15ClFN3O6S2. The number of nitro benzene ring substituents is 1. The number of hydrogen-bond donors (Lipinski definition) is 0. The molecule has 0 N–H and O–H groups in total. The van der Waals surface area contributed by atoms with Gasteiger partial charge in [0.2, 0.25) is 5.75 Å². The van der Waals surface area contributed by atoms with Crippen LogP contribution < -0.4 is 4.74 Å². The predicted octanol–water partition coefficient (Wildman–Crippen LogP) is 2.36. The van der Waals surface area contributed by atoms with Crippen LogP contribution >= 0.6 is 22.9 Å². The molecule has 3 rings (SSSR count). The van der Waals surface area contributed by atoms with Crippen LogP contribution in [0.1, 0.15) is 0 Å². The van der Waals surface area contributed by atoms with E-state index in [0.717, 1.165) is 29.5 Å². The summed E-state index contributed by atoms with van der Waals surface area (Å²) in [5.41, 5.74) is -0.454. The molecule has 1 aromatic heterocycles. The van der Waals surface area contributed by atoms with Crippen LogP contribution in [0.4, 0.5) is 10.1 Å². The second-order valence-corrected chi connectivity index (χ2v) is 9.88. The van der Waals surface area contributed by atoms with Gasteiger partial charge < -0.3 is 9.64 Å². The first kappa shape index (κ1) is 21.4. The van der Waals surface area contributed by atoms with Crippen molar-refractivity contribution in [1.82, 2.24) is 9.21 Å². The highest BCUT2D eigenvalue weighted by Crippen LogP contribution is 2.29. The van der Waals surface area contributed by atoms with Gasteiger partial charge >= 0.3 is 5.69 Å². The van der Waals surface area contributed by atoms with E-state index >= 15 is 0 Å². The maximum atomic E-state index is 13.3. The summed E-state index contributed by atoms with van der Waals surface area (Å²) in [4.78, 5) is 23.9. The highest BCUT2D eigenvalue weighted by atomic mass is 35.5. The number of amides is 1. The van der Waals surface area contributed by atoms with Crippen LogP contribution in [0.2, 0.25) is 4.34 Å². The average Bonchev–Trinajstić information content (AvgIpc) is 3.13. The van der Waals surface area contributed by atoms with E-state index in [1.165, 1.54) is 21.3 Å². The second-order valence-electron chi connectivity index (χ2n) is 6.00. The Kier molecular flexibility index (Phi) is 6.36. The lowest BCUT2D eigenvalue weighted by Gasteiger charge is -2.33. The minimum Gasteiger partial charge on any atom is -0.477 e. The van der Waals surface area contributed by atoms with Gasteiger partial charge in [0, 0.05) is 38.3 Å². The number of thiophene rings is 1. The van der Waals surface area contributed by atoms with Gasteiger partial charge in [0.05, 0.1) is 9.26 Å². The zero-order valence-corrected chi connectivity index (χ0v) is 17.2. The van der Waals surface area contributed by atoms with E-state index in [2.05, 4.69) is 0 Å². The molecule has 0 unspecified atom stereocenters. The zero-order valence-electron chi connectivity index (χ0n) is 14.8. The van der Waals surface area contributed by atoms with Crippen LogP contribution in [0.25, 0.3) is 0 Å². The lowest BCUT2D eigenvalue weighted by molar-refractivity contribution is -0.385. The molecule has 1 saturated heterocycles. The van der Waals surface area contributed by atoms with E-state index in [1.807, 2.05) is 0 Å². The molecule has 1 aliphatic rings. The maximum Gasteiger partial charge on any atom is 0.311 e. The maximum absolute atomic E-state index is 13.3. The fourth-order valence-corrected chi connectivity index (χ4v) is 5.79. The molecule has 0 aliphatic carbocycles. The Hall–Kier alpha value is -2.28. The van der Waals surface area contributed by atoms with Crippen molar-refractivity contribution in [3.63, 3.8) is 0 Å². The summed E-state index contributed by atoms with van der Waals surface area (Å²) in [5.74, 6) is -1.57. The van der Waals surface area contributed by atoms with E-state index < -0.39 is 39.0 Å². The van der Waals surface area contributed by atoms with E-state index in [1.54, 1.807) is 0 Å². The van der Waals surface area contributed by atoms with Gasteiger partial charge in [0.25, 0.3) is 15.9 Å². The lowest BCUT2D eigenvalue weighted by Crippen LogP contribution is -2.51. The largest absolute Gasteiger partial charge is 0.477 e. The van der Waals surface area contributed by atoms with Crippen LogP contribution in [0, 0.1) is 15.9 Å². The number of halogens is 2. The SMILES string of the molecule is O=C(COc1cc(F)ccc1[N+](=O)[O-])N1CCN(S(=O)(=O)c2ccc(Cl)s2)CC1. The molecule has 1 aliphatic heterocycles. The van der Waals surface area contributed by atoms with E-state index in [-0.39, 0.29) is 36.1 Å². The Labute approximate surface area is 174 Å². The molecule has 1 fully saturated rings. The van der Waals surface area contributed by atoms with E-state index in [4.69, 9.17) is 16.3 Å². The number of carbonyl (C=O) groups is 1. The monoisotopic (exact) mass is 463 g/mol.